The number of aryl methyl sites for hydroxylation is 1. The monoisotopic (exact) mass is 399 g/mol. The number of rotatable bonds is 5. The van der Waals surface area contributed by atoms with Crippen molar-refractivity contribution in [2.75, 3.05) is 11.4 Å². The molecule has 1 aromatic heterocycles. The lowest BCUT2D eigenvalue weighted by molar-refractivity contribution is 0.284. The first-order valence-corrected chi connectivity index (χ1v) is 9.50. The van der Waals surface area contributed by atoms with Gasteiger partial charge in [0.15, 0.2) is 0 Å². The van der Waals surface area contributed by atoms with Gasteiger partial charge in [0.05, 0.1) is 11.6 Å². The van der Waals surface area contributed by atoms with Crippen molar-refractivity contribution in [2.45, 2.75) is 26.0 Å². The molecule has 0 fully saturated rings. The van der Waals surface area contributed by atoms with Crippen LogP contribution >= 0.6 is 11.6 Å². The summed E-state index contributed by atoms with van der Waals surface area (Å²) in [5.74, 6) is 0.109. The van der Waals surface area contributed by atoms with Crippen LogP contribution in [0.25, 0.3) is 0 Å². The third-order valence-electron chi connectivity index (χ3n) is 4.84. The Hall–Kier alpha value is -2.79. The van der Waals surface area contributed by atoms with Crippen LogP contribution in [0.5, 0.6) is 5.75 Å². The van der Waals surface area contributed by atoms with Crippen LogP contribution in [0, 0.1) is 5.82 Å². The highest BCUT2D eigenvalue weighted by atomic mass is 35.5. The number of para-hydroxylation sites is 1. The number of hydrogen-bond donors (Lipinski definition) is 0. The minimum Gasteiger partial charge on any atom is -0.482 e. The molecule has 3 aromatic rings. The first-order valence-electron chi connectivity index (χ1n) is 9.12. The van der Waals surface area contributed by atoms with E-state index in [1.165, 1.54) is 35.7 Å². The van der Waals surface area contributed by atoms with Crippen molar-refractivity contribution in [1.29, 1.82) is 0 Å². The van der Waals surface area contributed by atoms with Crippen LogP contribution in [0.2, 0.25) is 5.02 Å². The fraction of sp³-hybridized carbons (Fsp3) is 0.227. The average Bonchev–Trinajstić information content (AvgIpc) is 2.69. The molecule has 0 amide bonds. The molecule has 0 radical (unpaired) electrons. The molecule has 2 heterocycles. The quantitative estimate of drug-likeness (QED) is 0.608. The van der Waals surface area contributed by atoms with Crippen LogP contribution in [-0.4, -0.2) is 6.54 Å². The fourth-order valence-electron chi connectivity index (χ4n) is 3.41. The molecule has 144 valence electrons. The van der Waals surface area contributed by atoms with Gasteiger partial charge in [0.25, 0.3) is 0 Å². The molecule has 2 aromatic carbocycles. The van der Waals surface area contributed by atoms with E-state index in [1.54, 1.807) is 6.07 Å². The van der Waals surface area contributed by atoms with E-state index < -0.39 is 5.82 Å². The highest BCUT2D eigenvalue weighted by molar-refractivity contribution is 6.31. The van der Waals surface area contributed by atoms with Crippen molar-refractivity contribution in [2.24, 2.45) is 0 Å². The van der Waals surface area contributed by atoms with Gasteiger partial charge in [-0.05, 0) is 36.6 Å². The van der Waals surface area contributed by atoms with E-state index in [1.807, 2.05) is 12.1 Å². The van der Waals surface area contributed by atoms with Crippen LogP contribution in [0.1, 0.15) is 23.3 Å². The summed E-state index contributed by atoms with van der Waals surface area (Å²) in [6, 6.07) is 14.1. The maximum absolute atomic E-state index is 13.8. The number of halogens is 2. The number of anilines is 1. The standard InChI is InChI=1S/C22H19ClFNO3/c23-18-7-3-8-19(24)17(18)13-28-22-14-27-16(11-21(22)26)12-25-10-4-6-15-5-1-2-9-20(15)25/h1-3,5,7-9,11,14H,4,6,10,12-13H2. The molecule has 0 saturated carbocycles. The van der Waals surface area contributed by atoms with Crippen LogP contribution in [0.4, 0.5) is 10.1 Å². The Morgan fingerprint density at radius 1 is 1.18 bits per heavy atom. The molecule has 0 atom stereocenters. The molecular weight excluding hydrogens is 381 g/mol. The van der Waals surface area contributed by atoms with E-state index >= 15 is 0 Å². The zero-order chi connectivity index (χ0) is 19.5. The average molecular weight is 400 g/mol. The van der Waals surface area contributed by atoms with Gasteiger partial charge in [-0.1, -0.05) is 35.9 Å². The van der Waals surface area contributed by atoms with Crippen molar-refractivity contribution in [3.05, 3.63) is 92.7 Å². The number of fused-ring (bicyclic) bond motifs is 1. The van der Waals surface area contributed by atoms with Gasteiger partial charge in [-0.2, -0.15) is 0 Å². The predicted octanol–water partition coefficient (Wildman–Crippen LogP) is 4.96. The zero-order valence-corrected chi connectivity index (χ0v) is 15.9. The zero-order valence-electron chi connectivity index (χ0n) is 15.2. The van der Waals surface area contributed by atoms with Gasteiger partial charge < -0.3 is 14.1 Å². The highest BCUT2D eigenvalue weighted by Gasteiger charge is 2.18. The second kappa shape index (κ2) is 8.07. The molecule has 1 aliphatic heterocycles. The van der Waals surface area contributed by atoms with Gasteiger partial charge >= 0.3 is 0 Å². The second-order valence-electron chi connectivity index (χ2n) is 6.72. The topological polar surface area (TPSA) is 42.7 Å². The molecular formula is C22H19ClFNO3. The molecule has 6 heteroatoms. The second-order valence-corrected chi connectivity index (χ2v) is 7.12. The van der Waals surface area contributed by atoms with Crippen molar-refractivity contribution < 1.29 is 13.5 Å². The summed E-state index contributed by atoms with van der Waals surface area (Å²) in [4.78, 5) is 14.6. The molecule has 4 rings (SSSR count). The van der Waals surface area contributed by atoms with Crippen LogP contribution in [0.15, 0.2) is 64.0 Å². The number of benzene rings is 2. The van der Waals surface area contributed by atoms with Crippen molar-refractivity contribution in [3.8, 4) is 5.75 Å². The molecule has 1 aliphatic rings. The minimum absolute atomic E-state index is 0.0297. The summed E-state index contributed by atoms with van der Waals surface area (Å²) in [7, 11) is 0. The third kappa shape index (κ3) is 3.90. The summed E-state index contributed by atoms with van der Waals surface area (Å²) >= 11 is 5.98. The molecule has 4 nitrogen and oxygen atoms in total. The maximum atomic E-state index is 13.8. The summed E-state index contributed by atoms with van der Waals surface area (Å²) < 4.78 is 24.9. The Labute approximate surface area is 167 Å². The molecule has 0 spiro atoms. The van der Waals surface area contributed by atoms with E-state index in [-0.39, 0.29) is 28.4 Å². The Bertz CT molecular complexity index is 1030. The van der Waals surface area contributed by atoms with Gasteiger partial charge in [-0.25, -0.2) is 4.39 Å². The highest BCUT2D eigenvalue weighted by Crippen LogP contribution is 2.28. The van der Waals surface area contributed by atoms with Gasteiger partial charge in [-0.3, -0.25) is 4.79 Å². The van der Waals surface area contributed by atoms with Crippen LogP contribution in [-0.2, 0) is 19.6 Å². The van der Waals surface area contributed by atoms with Crippen LogP contribution in [0.3, 0.4) is 0 Å². The Morgan fingerprint density at radius 2 is 2.04 bits per heavy atom. The largest absolute Gasteiger partial charge is 0.482 e. The summed E-state index contributed by atoms with van der Waals surface area (Å²) in [5.41, 5.74) is 2.38. The lowest BCUT2D eigenvalue weighted by Gasteiger charge is -2.30. The van der Waals surface area contributed by atoms with Crippen LogP contribution < -0.4 is 15.1 Å². The molecule has 0 bridgehead atoms. The molecule has 28 heavy (non-hydrogen) atoms. The first-order chi connectivity index (χ1) is 13.6. The minimum atomic E-state index is -0.475. The van der Waals surface area contributed by atoms with E-state index in [0.29, 0.717) is 12.3 Å². The van der Waals surface area contributed by atoms with E-state index in [0.717, 1.165) is 19.4 Å². The van der Waals surface area contributed by atoms with E-state index in [4.69, 9.17) is 20.8 Å². The Kier molecular flexibility index (Phi) is 5.35. The molecule has 0 aliphatic carbocycles. The molecule has 0 N–H and O–H groups in total. The summed E-state index contributed by atoms with van der Waals surface area (Å²) in [6.45, 7) is 1.27. The lowest BCUT2D eigenvalue weighted by Crippen LogP contribution is -2.29. The van der Waals surface area contributed by atoms with Gasteiger partial charge in [0.2, 0.25) is 11.2 Å². The number of nitrogens with zero attached hydrogens (tertiary/aromatic N) is 1. The number of ether oxygens (including phenoxy) is 1. The Morgan fingerprint density at radius 3 is 2.86 bits per heavy atom. The number of hydrogen-bond acceptors (Lipinski definition) is 4. The first kappa shape index (κ1) is 18.6. The Balaban J connectivity index is 1.48. The summed E-state index contributed by atoms with van der Waals surface area (Å²) in [6.07, 6.45) is 3.40. The normalized spacial score (nSPS) is 13.3. The fourth-order valence-corrected chi connectivity index (χ4v) is 3.63. The SMILES string of the molecule is O=c1cc(CN2CCCc3ccccc32)occ1OCc1c(F)cccc1Cl. The van der Waals surface area contributed by atoms with E-state index in [9.17, 15) is 9.18 Å². The van der Waals surface area contributed by atoms with Gasteiger partial charge in [-0.15, -0.1) is 0 Å². The van der Waals surface area contributed by atoms with Crippen molar-refractivity contribution in [3.63, 3.8) is 0 Å². The van der Waals surface area contributed by atoms with E-state index in [2.05, 4.69) is 17.0 Å². The van der Waals surface area contributed by atoms with Crippen molar-refractivity contribution >= 4 is 17.3 Å². The summed E-state index contributed by atoms with van der Waals surface area (Å²) in [5, 5.41) is 0.254. The predicted molar refractivity (Wildman–Crippen MR) is 107 cm³/mol. The smallest absolute Gasteiger partial charge is 0.227 e. The van der Waals surface area contributed by atoms with Crippen molar-refractivity contribution in [1.82, 2.24) is 0 Å². The van der Waals surface area contributed by atoms with Gasteiger partial charge in [0, 0.05) is 23.9 Å². The lowest BCUT2D eigenvalue weighted by atomic mass is 10.0. The molecule has 0 saturated heterocycles. The molecule has 0 unspecified atom stereocenters. The van der Waals surface area contributed by atoms with Gasteiger partial charge in [0.1, 0.15) is 24.4 Å². The third-order valence-corrected chi connectivity index (χ3v) is 5.19. The maximum Gasteiger partial charge on any atom is 0.227 e.